The molecule has 0 radical (unpaired) electrons. The molecule has 44 heavy (non-hydrogen) atoms. The summed E-state index contributed by atoms with van der Waals surface area (Å²) in [5, 5.41) is 9.94. The summed E-state index contributed by atoms with van der Waals surface area (Å²) >= 11 is 0. The van der Waals surface area contributed by atoms with Crippen molar-refractivity contribution in [1.29, 1.82) is 0 Å². The van der Waals surface area contributed by atoms with Crippen molar-refractivity contribution in [1.82, 2.24) is 9.55 Å². The number of halogens is 1. The van der Waals surface area contributed by atoms with Crippen LogP contribution in [0.5, 0.6) is 5.75 Å². The third-order valence-electron chi connectivity index (χ3n) is 7.53. The number of nitrogen functional groups attached to an aromatic ring is 1. The first-order chi connectivity index (χ1) is 20.6. The van der Waals surface area contributed by atoms with Crippen LogP contribution >= 0.6 is 12.4 Å². The Bertz CT molecular complexity index is 1640. The number of aromatic nitrogens is 2. The smallest absolute Gasteiger partial charge is 0.324 e. The van der Waals surface area contributed by atoms with Crippen LogP contribution in [0.4, 0.5) is 21.9 Å². The van der Waals surface area contributed by atoms with E-state index in [4.69, 9.17) is 16.2 Å². The molecule has 236 valence electrons. The molecule has 4 rings (SSSR count). The third-order valence-corrected chi connectivity index (χ3v) is 7.53. The van der Waals surface area contributed by atoms with E-state index in [1.165, 1.54) is 4.90 Å². The summed E-state index contributed by atoms with van der Waals surface area (Å²) in [7, 11) is 0. The number of carbonyl (C=O) groups excluding carboxylic acids is 1. The minimum atomic E-state index is -0.771. The van der Waals surface area contributed by atoms with Gasteiger partial charge < -0.3 is 21.3 Å². The van der Waals surface area contributed by atoms with Crippen molar-refractivity contribution < 1.29 is 14.6 Å². The van der Waals surface area contributed by atoms with E-state index in [9.17, 15) is 14.7 Å². The van der Waals surface area contributed by atoms with Gasteiger partial charge in [0, 0.05) is 42.4 Å². The predicted octanol–water partition coefficient (Wildman–Crippen LogP) is 7.09. The number of hydrogen-bond donors (Lipinski definition) is 3. The summed E-state index contributed by atoms with van der Waals surface area (Å²) < 4.78 is 7.55. The van der Waals surface area contributed by atoms with Gasteiger partial charge in [-0.05, 0) is 71.3 Å². The molecular formula is C34H44ClN5O4. The van der Waals surface area contributed by atoms with Gasteiger partial charge in [0.2, 0.25) is 0 Å². The summed E-state index contributed by atoms with van der Waals surface area (Å²) in [5.41, 5.74) is 16.9. The molecule has 0 spiro atoms. The fourth-order valence-corrected chi connectivity index (χ4v) is 5.46. The molecule has 0 saturated heterocycles. The van der Waals surface area contributed by atoms with Gasteiger partial charge in [0.1, 0.15) is 17.1 Å². The van der Waals surface area contributed by atoms with Crippen LogP contribution in [-0.2, 0) is 6.54 Å². The quantitative estimate of drug-likeness (QED) is 0.114. The van der Waals surface area contributed by atoms with Crippen LogP contribution in [-0.4, -0.2) is 33.9 Å². The maximum Gasteiger partial charge on any atom is 0.324 e. The number of benzene rings is 2. The van der Waals surface area contributed by atoms with Crippen molar-refractivity contribution in [2.75, 3.05) is 23.8 Å². The van der Waals surface area contributed by atoms with Crippen molar-refractivity contribution in [3.05, 3.63) is 76.2 Å². The fourth-order valence-electron chi connectivity index (χ4n) is 5.46. The lowest BCUT2D eigenvalue weighted by molar-refractivity contribution is 0.233. The largest absolute Gasteiger partial charge is 0.493 e. The van der Waals surface area contributed by atoms with Crippen molar-refractivity contribution in [3.8, 4) is 16.9 Å². The number of nitrogens with zero attached hydrogens (tertiary/aromatic N) is 3. The highest BCUT2D eigenvalue weighted by atomic mass is 35.5. The van der Waals surface area contributed by atoms with E-state index in [0.717, 1.165) is 24.0 Å². The second-order valence-corrected chi connectivity index (χ2v) is 11.4. The number of fused-ring (bicyclic) bond motifs is 1. The molecule has 0 saturated carbocycles. The lowest BCUT2D eigenvalue weighted by Crippen LogP contribution is -2.39. The van der Waals surface area contributed by atoms with Crippen LogP contribution in [0.15, 0.2) is 59.5 Å². The van der Waals surface area contributed by atoms with E-state index in [0.29, 0.717) is 58.9 Å². The Hall–Kier alpha value is -4.08. The Labute approximate surface area is 265 Å². The molecule has 0 aliphatic rings. The average Bonchev–Trinajstić information content (AvgIpc) is 2.97. The van der Waals surface area contributed by atoms with Crippen LogP contribution in [0.25, 0.3) is 22.2 Å². The van der Waals surface area contributed by atoms with Crippen molar-refractivity contribution in [2.24, 2.45) is 5.73 Å². The first kappa shape index (κ1) is 34.4. The van der Waals surface area contributed by atoms with Gasteiger partial charge in [-0.25, -0.2) is 9.78 Å². The van der Waals surface area contributed by atoms with Gasteiger partial charge >= 0.3 is 6.03 Å². The third kappa shape index (κ3) is 7.00. The highest BCUT2D eigenvalue weighted by Gasteiger charge is 2.32. The number of carbonyl (C=O) groups is 1. The van der Waals surface area contributed by atoms with Crippen molar-refractivity contribution in [2.45, 2.75) is 72.3 Å². The Balaban J connectivity index is 0.00000529. The number of aliphatic hydroxyl groups is 1. The number of anilines is 3. The monoisotopic (exact) mass is 621 g/mol. The first-order valence-electron chi connectivity index (χ1n) is 15.0. The Kier molecular flexibility index (Phi) is 11.8. The van der Waals surface area contributed by atoms with E-state index in [1.807, 2.05) is 76.2 Å². The molecule has 0 unspecified atom stereocenters. The number of pyridine rings is 2. The summed E-state index contributed by atoms with van der Waals surface area (Å²) in [5.74, 6) is 0.538. The molecule has 0 fully saturated rings. The minimum Gasteiger partial charge on any atom is -0.493 e. The predicted molar refractivity (Wildman–Crippen MR) is 182 cm³/mol. The fraction of sp³-hybridized carbons (Fsp3) is 0.382. The number of primary amides is 1. The number of aryl methyl sites for hydroxylation is 1. The molecule has 0 atom stereocenters. The number of unbranched alkanes of at least 4 members (excludes halogenated alkanes) is 1. The van der Waals surface area contributed by atoms with Crippen LogP contribution in [0.1, 0.15) is 76.8 Å². The van der Waals surface area contributed by atoms with Crippen molar-refractivity contribution in [3.63, 3.8) is 0 Å². The summed E-state index contributed by atoms with van der Waals surface area (Å²) in [6, 6.07) is 14.1. The summed E-state index contributed by atoms with van der Waals surface area (Å²) in [4.78, 5) is 34.4. The highest BCUT2D eigenvalue weighted by Crippen LogP contribution is 2.44. The zero-order valence-corrected chi connectivity index (χ0v) is 27.0. The maximum absolute atomic E-state index is 14.7. The number of ether oxygens (including phenoxy) is 1. The molecule has 10 heteroatoms. The highest BCUT2D eigenvalue weighted by molar-refractivity contribution is 6.09. The number of urea groups is 1. The first-order valence-corrected chi connectivity index (χ1v) is 15.0. The zero-order chi connectivity index (χ0) is 31.3. The standard InChI is InChI=1S/C34H43N5O4.ClH/c1-6-7-15-38-32-26(13-9-14-37-32)29(23-11-8-12-25(18-23)43-17-10-16-40)31(33(38)41)39(34(36)42)30-27(21(2)3)19-24(35)20-28(30)22(4)5;/h8-9,11-14,18-22,40H,6-7,10,15-17,35H2,1-5H3,(H2,36,42);1H. The van der Waals surface area contributed by atoms with E-state index < -0.39 is 6.03 Å². The molecule has 2 aromatic carbocycles. The lowest BCUT2D eigenvalue weighted by atomic mass is 9.90. The molecule has 4 aromatic rings. The normalized spacial score (nSPS) is 11.2. The number of amides is 2. The van der Waals surface area contributed by atoms with E-state index in [2.05, 4.69) is 11.9 Å². The Morgan fingerprint density at radius 1 is 1.02 bits per heavy atom. The molecule has 2 amide bonds. The second kappa shape index (κ2) is 15.1. The minimum absolute atomic E-state index is 0. The maximum atomic E-state index is 14.7. The van der Waals surface area contributed by atoms with E-state index >= 15 is 0 Å². The van der Waals surface area contributed by atoms with Gasteiger partial charge in [0.15, 0.2) is 0 Å². The van der Waals surface area contributed by atoms with Crippen LogP contribution < -0.4 is 26.7 Å². The Morgan fingerprint density at radius 3 is 2.30 bits per heavy atom. The van der Waals surface area contributed by atoms with E-state index in [1.54, 1.807) is 10.8 Å². The molecule has 2 aromatic heterocycles. The van der Waals surface area contributed by atoms with Gasteiger partial charge in [-0.2, -0.15) is 0 Å². The zero-order valence-electron chi connectivity index (χ0n) is 26.2. The van der Waals surface area contributed by atoms with E-state index in [-0.39, 0.29) is 42.1 Å². The molecule has 5 N–H and O–H groups in total. The van der Waals surface area contributed by atoms with Gasteiger partial charge in [-0.1, -0.05) is 53.2 Å². The molecule has 2 heterocycles. The van der Waals surface area contributed by atoms with Crippen LogP contribution in [0.3, 0.4) is 0 Å². The summed E-state index contributed by atoms with van der Waals surface area (Å²) in [6.07, 6.45) is 3.78. The van der Waals surface area contributed by atoms with Gasteiger partial charge in [0.05, 0.1) is 12.3 Å². The topological polar surface area (TPSA) is 137 Å². The number of aliphatic hydroxyl groups excluding tert-OH is 1. The van der Waals surface area contributed by atoms with Gasteiger partial charge in [-0.3, -0.25) is 14.3 Å². The SMILES string of the molecule is CCCCn1c(=O)c(N(C(N)=O)c2c(C(C)C)cc(N)cc2C(C)C)c(-c2cccc(OCCCO)c2)c2cccnc21.Cl. The van der Waals surface area contributed by atoms with Crippen LogP contribution in [0.2, 0.25) is 0 Å². The Morgan fingerprint density at radius 2 is 1.70 bits per heavy atom. The molecule has 0 aliphatic carbocycles. The molecule has 0 bridgehead atoms. The molecular weight excluding hydrogens is 578 g/mol. The lowest BCUT2D eigenvalue weighted by Gasteiger charge is -2.31. The van der Waals surface area contributed by atoms with Gasteiger partial charge in [0.25, 0.3) is 5.56 Å². The number of nitrogens with two attached hydrogens (primary N) is 2. The second-order valence-electron chi connectivity index (χ2n) is 11.4. The van der Waals surface area contributed by atoms with Crippen molar-refractivity contribution >= 4 is 46.5 Å². The average molecular weight is 622 g/mol. The number of hydrogen-bond acceptors (Lipinski definition) is 6. The van der Waals surface area contributed by atoms with Gasteiger partial charge in [-0.15, -0.1) is 12.4 Å². The summed E-state index contributed by atoms with van der Waals surface area (Å²) in [6.45, 7) is 11.0. The number of rotatable bonds is 12. The van der Waals surface area contributed by atoms with Crippen LogP contribution in [0, 0.1) is 0 Å². The molecule has 9 nitrogen and oxygen atoms in total. The molecule has 0 aliphatic heterocycles.